The molecule has 0 spiro atoms. The number of rotatable bonds is 7. The number of carbonyl (C=O) groups is 1. The first-order valence-corrected chi connectivity index (χ1v) is 5.81. The van der Waals surface area contributed by atoms with E-state index >= 15 is 0 Å². The molecule has 1 unspecified atom stereocenters. The van der Waals surface area contributed by atoms with Crippen molar-refractivity contribution in [3.05, 3.63) is 35.6 Å². The Kier molecular flexibility index (Phi) is 5.74. The maximum absolute atomic E-state index is 13.4. The molecule has 0 fully saturated rings. The van der Waals surface area contributed by atoms with E-state index in [1.807, 2.05) is 0 Å². The lowest BCUT2D eigenvalue weighted by Gasteiger charge is -2.21. The Balaban J connectivity index is 2.57. The average molecular weight is 255 g/mol. The van der Waals surface area contributed by atoms with Gasteiger partial charge in [-0.05, 0) is 20.0 Å². The minimum Gasteiger partial charge on any atom is -0.479 e. The molecule has 0 aromatic heterocycles. The van der Waals surface area contributed by atoms with Gasteiger partial charge in [0.25, 0.3) is 0 Å². The van der Waals surface area contributed by atoms with Crippen LogP contribution < -0.4 is 0 Å². The number of hydrogen-bond donors (Lipinski definition) is 1. The van der Waals surface area contributed by atoms with Crippen molar-refractivity contribution in [3.8, 4) is 0 Å². The highest BCUT2D eigenvalue weighted by Gasteiger charge is 2.19. The van der Waals surface area contributed by atoms with Crippen LogP contribution in [0.15, 0.2) is 24.3 Å². The zero-order chi connectivity index (χ0) is 13.5. The highest BCUT2D eigenvalue weighted by atomic mass is 19.1. The van der Waals surface area contributed by atoms with Crippen molar-refractivity contribution < 1.29 is 19.0 Å². The summed E-state index contributed by atoms with van der Waals surface area (Å²) in [6.45, 7) is 2.65. The van der Waals surface area contributed by atoms with Crippen LogP contribution in [0.5, 0.6) is 0 Å². The largest absolute Gasteiger partial charge is 0.479 e. The van der Waals surface area contributed by atoms with Gasteiger partial charge in [-0.3, -0.25) is 4.90 Å². The van der Waals surface area contributed by atoms with Gasteiger partial charge in [-0.1, -0.05) is 18.2 Å². The summed E-state index contributed by atoms with van der Waals surface area (Å²) in [5, 5.41) is 8.95. The molecule has 0 bridgehead atoms. The summed E-state index contributed by atoms with van der Waals surface area (Å²) in [4.78, 5) is 12.6. The number of halogens is 1. The SMILES string of the molecule is CCOC(CN(C)Cc1ccccc1F)C(=O)O. The van der Waals surface area contributed by atoms with Crippen molar-refractivity contribution in [2.24, 2.45) is 0 Å². The second kappa shape index (κ2) is 7.08. The van der Waals surface area contributed by atoms with Crippen LogP contribution in [0.3, 0.4) is 0 Å². The molecule has 0 aliphatic rings. The van der Waals surface area contributed by atoms with Gasteiger partial charge in [-0.25, -0.2) is 9.18 Å². The lowest BCUT2D eigenvalue weighted by atomic mass is 10.2. The zero-order valence-electron chi connectivity index (χ0n) is 10.6. The minimum atomic E-state index is -1.00. The number of carboxylic acid groups (broad SMARTS) is 1. The molecule has 1 N–H and O–H groups in total. The number of benzene rings is 1. The summed E-state index contributed by atoms with van der Waals surface area (Å²) in [7, 11) is 1.74. The van der Waals surface area contributed by atoms with Crippen LogP contribution in [0.2, 0.25) is 0 Å². The normalized spacial score (nSPS) is 12.7. The van der Waals surface area contributed by atoms with Crippen molar-refractivity contribution in [2.75, 3.05) is 20.2 Å². The number of likely N-dealkylation sites (N-methyl/N-ethyl adjacent to an activating group) is 1. The second-order valence-electron chi connectivity index (χ2n) is 4.07. The van der Waals surface area contributed by atoms with Gasteiger partial charge in [0.2, 0.25) is 0 Å². The van der Waals surface area contributed by atoms with Crippen molar-refractivity contribution >= 4 is 5.97 Å². The number of carboxylic acids is 1. The molecule has 0 radical (unpaired) electrons. The van der Waals surface area contributed by atoms with Gasteiger partial charge in [-0.15, -0.1) is 0 Å². The predicted molar refractivity (Wildman–Crippen MR) is 65.8 cm³/mol. The minimum absolute atomic E-state index is 0.220. The Bertz CT molecular complexity index is 398. The van der Waals surface area contributed by atoms with Crippen LogP contribution in [-0.2, 0) is 16.1 Å². The van der Waals surface area contributed by atoms with E-state index in [0.29, 0.717) is 18.7 Å². The molecular formula is C13H18FNO3. The third-order valence-electron chi connectivity index (χ3n) is 2.52. The smallest absolute Gasteiger partial charge is 0.334 e. The first-order valence-electron chi connectivity index (χ1n) is 5.81. The maximum Gasteiger partial charge on any atom is 0.334 e. The molecule has 1 aromatic carbocycles. The summed E-state index contributed by atoms with van der Waals surface area (Å²) >= 11 is 0. The van der Waals surface area contributed by atoms with E-state index in [9.17, 15) is 9.18 Å². The molecule has 0 aliphatic carbocycles. The van der Waals surface area contributed by atoms with Crippen LogP contribution in [0.25, 0.3) is 0 Å². The number of ether oxygens (including phenoxy) is 1. The van der Waals surface area contributed by atoms with Gasteiger partial charge < -0.3 is 9.84 Å². The highest BCUT2D eigenvalue weighted by molar-refractivity contribution is 5.72. The molecule has 18 heavy (non-hydrogen) atoms. The second-order valence-corrected chi connectivity index (χ2v) is 4.07. The molecule has 0 aliphatic heterocycles. The summed E-state index contributed by atoms with van der Waals surface area (Å²) in [6, 6.07) is 6.45. The predicted octanol–water partition coefficient (Wildman–Crippen LogP) is 1.75. The topological polar surface area (TPSA) is 49.8 Å². The Morgan fingerprint density at radius 3 is 2.72 bits per heavy atom. The third kappa shape index (κ3) is 4.43. The molecule has 1 aromatic rings. The average Bonchev–Trinajstić information content (AvgIpc) is 2.31. The molecule has 1 rings (SSSR count). The molecule has 0 saturated heterocycles. The van der Waals surface area contributed by atoms with E-state index in [0.717, 1.165) is 0 Å². The fourth-order valence-corrected chi connectivity index (χ4v) is 1.67. The van der Waals surface area contributed by atoms with Gasteiger partial charge in [-0.2, -0.15) is 0 Å². The fourth-order valence-electron chi connectivity index (χ4n) is 1.67. The van der Waals surface area contributed by atoms with Crippen molar-refractivity contribution in [1.82, 2.24) is 4.90 Å². The quantitative estimate of drug-likeness (QED) is 0.806. The van der Waals surface area contributed by atoms with Crippen LogP contribution in [0.1, 0.15) is 12.5 Å². The lowest BCUT2D eigenvalue weighted by Crippen LogP contribution is -2.36. The van der Waals surface area contributed by atoms with Crippen LogP contribution >= 0.6 is 0 Å². The number of hydrogen-bond acceptors (Lipinski definition) is 3. The van der Waals surface area contributed by atoms with Gasteiger partial charge in [0, 0.05) is 25.3 Å². The summed E-state index contributed by atoms with van der Waals surface area (Å²) in [6.07, 6.45) is -0.883. The first-order chi connectivity index (χ1) is 8.54. The third-order valence-corrected chi connectivity index (χ3v) is 2.52. The van der Waals surface area contributed by atoms with E-state index < -0.39 is 12.1 Å². The van der Waals surface area contributed by atoms with Crippen LogP contribution in [-0.4, -0.2) is 42.3 Å². The molecule has 100 valence electrons. The molecule has 4 nitrogen and oxygen atoms in total. The van der Waals surface area contributed by atoms with Gasteiger partial charge in [0.05, 0.1) is 0 Å². The van der Waals surface area contributed by atoms with E-state index in [1.165, 1.54) is 6.07 Å². The summed E-state index contributed by atoms with van der Waals surface area (Å²) in [5.41, 5.74) is 0.542. The Morgan fingerprint density at radius 1 is 1.50 bits per heavy atom. The van der Waals surface area contributed by atoms with E-state index in [4.69, 9.17) is 9.84 Å². The highest BCUT2D eigenvalue weighted by Crippen LogP contribution is 2.09. The van der Waals surface area contributed by atoms with Gasteiger partial charge >= 0.3 is 5.97 Å². The monoisotopic (exact) mass is 255 g/mol. The Labute approximate surface area is 106 Å². The fraction of sp³-hybridized carbons (Fsp3) is 0.462. The Morgan fingerprint density at radius 2 is 2.17 bits per heavy atom. The molecule has 0 saturated carbocycles. The van der Waals surface area contributed by atoms with E-state index in [2.05, 4.69) is 0 Å². The van der Waals surface area contributed by atoms with Crippen molar-refractivity contribution in [3.63, 3.8) is 0 Å². The van der Waals surface area contributed by atoms with Gasteiger partial charge in [0.1, 0.15) is 5.82 Å². The van der Waals surface area contributed by atoms with Crippen molar-refractivity contribution in [1.29, 1.82) is 0 Å². The zero-order valence-corrected chi connectivity index (χ0v) is 10.6. The molecule has 0 amide bonds. The van der Waals surface area contributed by atoms with E-state index in [-0.39, 0.29) is 12.4 Å². The Hall–Kier alpha value is -1.46. The lowest BCUT2D eigenvalue weighted by molar-refractivity contribution is -0.151. The van der Waals surface area contributed by atoms with Gasteiger partial charge in [0.15, 0.2) is 6.10 Å². The van der Waals surface area contributed by atoms with E-state index in [1.54, 1.807) is 37.1 Å². The molecule has 1 atom stereocenters. The first kappa shape index (κ1) is 14.6. The number of nitrogens with zero attached hydrogens (tertiary/aromatic N) is 1. The molecular weight excluding hydrogens is 237 g/mol. The van der Waals surface area contributed by atoms with Crippen LogP contribution in [0, 0.1) is 5.82 Å². The van der Waals surface area contributed by atoms with Crippen LogP contribution in [0.4, 0.5) is 4.39 Å². The standard InChI is InChI=1S/C13H18FNO3/c1-3-18-12(13(16)17)9-15(2)8-10-6-4-5-7-11(10)14/h4-7,12H,3,8-9H2,1-2H3,(H,16,17). The van der Waals surface area contributed by atoms with Crippen molar-refractivity contribution in [2.45, 2.75) is 19.6 Å². The molecule has 0 heterocycles. The molecule has 5 heteroatoms. The number of aliphatic carboxylic acids is 1. The summed E-state index contributed by atoms with van der Waals surface area (Å²) < 4.78 is 18.5. The summed E-state index contributed by atoms with van der Waals surface area (Å²) in [5.74, 6) is -1.29. The maximum atomic E-state index is 13.4.